The Kier molecular flexibility index (Phi) is 2.40. The molecule has 1 aromatic carbocycles. The second-order valence-corrected chi connectivity index (χ2v) is 4.12. The Hall–Kier alpha value is -1.48. The van der Waals surface area contributed by atoms with Gasteiger partial charge < -0.3 is 5.32 Å². The van der Waals surface area contributed by atoms with E-state index in [1.807, 2.05) is 37.5 Å². The van der Waals surface area contributed by atoms with Crippen LogP contribution in [0, 0.1) is 0 Å². The minimum Gasteiger partial charge on any atom is -0.310 e. The molecule has 1 heterocycles. The highest BCUT2D eigenvalue weighted by Crippen LogP contribution is 2.18. The van der Waals surface area contributed by atoms with Gasteiger partial charge in [-0.25, -0.2) is 4.98 Å². The van der Waals surface area contributed by atoms with E-state index < -0.39 is 0 Å². The van der Waals surface area contributed by atoms with Gasteiger partial charge in [0.05, 0.1) is 28.5 Å². The van der Waals surface area contributed by atoms with Crippen LogP contribution >= 0.6 is 0 Å². The fourth-order valence-corrected chi connectivity index (χ4v) is 1.39. The summed E-state index contributed by atoms with van der Waals surface area (Å²) in [5.74, 6) is 0. The van der Waals surface area contributed by atoms with Crippen molar-refractivity contribution in [2.24, 2.45) is 0 Å². The highest BCUT2D eigenvalue weighted by molar-refractivity contribution is 5.73. The van der Waals surface area contributed by atoms with Crippen LogP contribution < -0.4 is 5.32 Å². The Morgan fingerprint density at radius 2 is 1.80 bits per heavy atom. The third-order valence-corrected chi connectivity index (χ3v) is 2.71. The van der Waals surface area contributed by atoms with Gasteiger partial charge in [0.25, 0.3) is 0 Å². The van der Waals surface area contributed by atoms with E-state index in [1.54, 1.807) is 0 Å². The van der Waals surface area contributed by atoms with Crippen LogP contribution in [0.4, 0.5) is 0 Å². The molecule has 0 aliphatic rings. The Balaban J connectivity index is 2.56. The molecule has 0 spiro atoms. The number of fused-ring (bicyclic) bond motifs is 1. The Morgan fingerprint density at radius 1 is 1.13 bits per heavy atom. The van der Waals surface area contributed by atoms with E-state index >= 15 is 0 Å². The number of nitrogens with zero attached hydrogens (tertiary/aromatic N) is 2. The molecule has 0 atom stereocenters. The minimum atomic E-state index is -0.142. The van der Waals surface area contributed by atoms with E-state index in [4.69, 9.17) is 0 Å². The first kappa shape index (κ1) is 10.1. The summed E-state index contributed by atoms with van der Waals surface area (Å²) in [5, 5.41) is 3.22. The molecule has 0 unspecified atom stereocenters. The first-order chi connectivity index (χ1) is 7.13. The van der Waals surface area contributed by atoms with Crippen molar-refractivity contribution >= 4 is 11.0 Å². The highest BCUT2D eigenvalue weighted by atomic mass is 15.0. The highest BCUT2D eigenvalue weighted by Gasteiger charge is 2.19. The molecular formula is C12H15N3. The number of nitrogens with one attached hydrogen (secondary N) is 1. The summed E-state index contributed by atoms with van der Waals surface area (Å²) in [4.78, 5) is 8.99. The van der Waals surface area contributed by atoms with Crippen LogP contribution in [0.1, 0.15) is 19.5 Å². The number of aromatic nitrogens is 2. The van der Waals surface area contributed by atoms with Gasteiger partial charge in [-0.05, 0) is 33.0 Å². The van der Waals surface area contributed by atoms with Crippen molar-refractivity contribution in [1.82, 2.24) is 15.3 Å². The van der Waals surface area contributed by atoms with Gasteiger partial charge in [-0.15, -0.1) is 0 Å². The average molecular weight is 201 g/mol. The van der Waals surface area contributed by atoms with Gasteiger partial charge in [-0.1, -0.05) is 12.1 Å². The van der Waals surface area contributed by atoms with E-state index in [0.29, 0.717) is 0 Å². The zero-order valence-electron chi connectivity index (χ0n) is 9.28. The normalized spacial score (nSPS) is 11.9. The molecule has 1 aromatic heterocycles. The third kappa shape index (κ3) is 1.83. The number of benzene rings is 1. The summed E-state index contributed by atoms with van der Waals surface area (Å²) in [7, 11) is 1.93. The second kappa shape index (κ2) is 3.59. The summed E-state index contributed by atoms with van der Waals surface area (Å²) in [6, 6.07) is 7.91. The van der Waals surface area contributed by atoms with E-state index in [2.05, 4.69) is 29.1 Å². The van der Waals surface area contributed by atoms with Gasteiger partial charge in [0.15, 0.2) is 0 Å². The maximum Gasteiger partial charge on any atom is 0.0890 e. The Morgan fingerprint density at radius 3 is 2.47 bits per heavy atom. The number of rotatable bonds is 2. The molecule has 0 bridgehead atoms. The van der Waals surface area contributed by atoms with Crippen LogP contribution in [-0.4, -0.2) is 17.0 Å². The van der Waals surface area contributed by atoms with Crippen molar-refractivity contribution in [1.29, 1.82) is 0 Å². The van der Waals surface area contributed by atoms with Crippen molar-refractivity contribution in [3.05, 3.63) is 36.2 Å². The quantitative estimate of drug-likeness (QED) is 0.808. The summed E-state index contributed by atoms with van der Waals surface area (Å²) in [6.07, 6.45) is 1.83. The lowest BCUT2D eigenvalue weighted by molar-refractivity contribution is 0.431. The maximum atomic E-state index is 4.59. The fourth-order valence-electron chi connectivity index (χ4n) is 1.39. The average Bonchev–Trinajstić information content (AvgIpc) is 2.28. The van der Waals surface area contributed by atoms with Crippen molar-refractivity contribution in [3.63, 3.8) is 0 Å². The molecule has 2 aromatic rings. The number of hydrogen-bond acceptors (Lipinski definition) is 3. The molecule has 2 rings (SSSR count). The van der Waals surface area contributed by atoms with Crippen molar-refractivity contribution in [2.75, 3.05) is 7.05 Å². The standard InChI is InChI=1S/C12H15N3/c1-12(2,13-3)11-8-14-9-6-4-5-7-10(9)15-11/h4-8,13H,1-3H3. The van der Waals surface area contributed by atoms with Crippen LogP contribution in [0.25, 0.3) is 11.0 Å². The van der Waals surface area contributed by atoms with Crippen LogP contribution in [0.2, 0.25) is 0 Å². The number of para-hydroxylation sites is 2. The lowest BCUT2D eigenvalue weighted by Gasteiger charge is -2.22. The van der Waals surface area contributed by atoms with Crippen LogP contribution in [-0.2, 0) is 5.54 Å². The molecule has 0 fully saturated rings. The van der Waals surface area contributed by atoms with Crippen molar-refractivity contribution in [3.8, 4) is 0 Å². The largest absolute Gasteiger partial charge is 0.310 e. The zero-order valence-corrected chi connectivity index (χ0v) is 9.28. The first-order valence-corrected chi connectivity index (χ1v) is 5.05. The van der Waals surface area contributed by atoms with Crippen LogP contribution in [0.3, 0.4) is 0 Å². The summed E-state index contributed by atoms with van der Waals surface area (Å²) in [5.41, 5.74) is 2.70. The molecule has 1 N–H and O–H groups in total. The fraction of sp³-hybridized carbons (Fsp3) is 0.333. The predicted molar refractivity (Wildman–Crippen MR) is 61.6 cm³/mol. The molecule has 0 saturated carbocycles. The molecule has 0 aliphatic carbocycles. The van der Waals surface area contributed by atoms with Gasteiger partial charge in [0.1, 0.15) is 0 Å². The zero-order chi connectivity index (χ0) is 10.9. The number of hydrogen-bond donors (Lipinski definition) is 1. The molecule has 3 nitrogen and oxygen atoms in total. The molecule has 3 heteroatoms. The molecule has 15 heavy (non-hydrogen) atoms. The van der Waals surface area contributed by atoms with Gasteiger partial charge in [-0.2, -0.15) is 0 Å². The third-order valence-electron chi connectivity index (χ3n) is 2.71. The van der Waals surface area contributed by atoms with Gasteiger partial charge in [0, 0.05) is 0 Å². The Labute approximate surface area is 89.6 Å². The lowest BCUT2D eigenvalue weighted by Crippen LogP contribution is -2.34. The first-order valence-electron chi connectivity index (χ1n) is 5.05. The smallest absolute Gasteiger partial charge is 0.0890 e. The van der Waals surface area contributed by atoms with E-state index in [0.717, 1.165) is 16.7 Å². The molecule has 0 saturated heterocycles. The van der Waals surface area contributed by atoms with E-state index in [9.17, 15) is 0 Å². The van der Waals surface area contributed by atoms with Gasteiger partial charge >= 0.3 is 0 Å². The molecule has 0 aliphatic heterocycles. The molecular weight excluding hydrogens is 186 g/mol. The molecule has 0 radical (unpaired) electrons. The summed E-state index contributed by atoms with van der Waals surface area (Å²) >= 11 is 0. The summed E-state index contributed by atoms with van der Waals surface area (Å²) < 4.78 is 0. The lowest BCUT2D eigenvalue weighted by atomic mass is 10.0. The molecule has 78 valence electrons. The second-order valence-electron chi connectivity index (χ2n) is 4.12. The van der Waals surface area contributed by atoms with Crippen molar-refractivity contribution in [2.45, 2.75) is 19.4 Å². The summed E-state index contributed by atoms with van der Waals surface area (Å²) in [6.45, 7) is 4.18. The Bertz CT molecular complexity index is 477. The SMILES string of the molecule is CNC(C)(C)c1cnc2ccccc2n1. The predicted octanol–water partition coefficient (Wildman–Crippen LogP) is 2.08. The van der Waals surface area contributed by atoms with E-state index in [1.165, 1.54) is 0 Å². The van der Waals surface area contributed by atoms with Gasteiger partial charge in [0.2, 0.25) is 0 Å². The minimum absolute atomic E-state index is 0.142. The van der Waals surface area contributed by atoms with Crippen molar-refractivity contribution < 1.29 is 0 Å². The van der Waals surface area contributed by atoms with Crippen LogP contribution in [0.15, 0.2) is 30.5 Å². The van der Waals surface area contributed by atoms with Gasteiger partial charge in [-0.3, -0.25) is 4.98 Å². The molecule has 0 amide bonds. The van der Waals surface area contributed by atoms with E-state index in [-0.39, 0.29) is 5.54 Å². The monoisotopic (exact) mass is 201 g/mol. The van der Waals surface area contributed by atoms with Crippen LogP contribution in [0.5, 0.6) is 0 Å². The maximum absolute atomic E-state index is 4.59. The topological polar surface area (TPSA) is 37.8 Å².